The zero-order chi connectivity index (χ0) is 19.0. The molecule has 1 aromatic heterocycles. The minimum absolute atomic E-state index is 0.227. The molecule has 0 fully saturated rings. The quantitative estimate of drug-likeness (QED) is 0.696. The van der Waals surface area contributed by atoms with Gasteiger partial charge < -0.3 is 10.5 Å². The molecule has 1 unspecified atom stereocenters. The SMILES string of the molecule is Nc1ccc2c(n1)N(Cc1ccc(Cl)cc1Cl)C(=O)C(c1ccccc1)O2. The van der Waals surface area contributed by atoms with Crippen LogP contribution in [-0.2, 0) is 11.3 Å². The van der Waals surface area contributed by atoms with Crippen LogP contribution in [0.2, 0.25) is 10.0 Å². The molecule has 0 bridgehead atoms. The summed E-state index contributed by atoms with van der Waals surface area (Å²) >= 11 is 12.3. The molecule has 0 saturated heterocycles. The van der Waals surface area contributed by atoms with Crippen LogP contribution >= 0.6 is 23.2 Å². The van der Waals surface area contributed by atoms with Gasteiger partial charge in [0.2, 0.25) is 6.10 Å². The number of hydrogen-bond donors (Lipinski definition) is 1. The second-order valence-corrected chi connectivity index (χ2v) is 6.97. The lowest BCUT2D eigenvalue weighted by Crippen LogP contribution is -2.41. The van der Waals surface area contributed by atoms with Gasteiger partial charge in [-0.25, -0.2) is 4.98 Å². The Hall–Kier alpha value is -2.76. The standard InChI is InChI=1S/C20H15Cl2N3O2/c21-14-7-6-13(15(22)10-14)11-25-19-16(8-9-17(23)24-19)27-18(20(25)26)12-4-2-1-3-5-12/h1-10,18H,11H2,(H2,23,24). The van der Waals surface area contributed by atoms with Crippen molar-refractivity contribution in [3.63, 3.8) is 0 Å². The fraction of sp³-hybridized carbons (Fsp3) is 0.100. The van der Waals surface area contributed by atoms with E-state index in [1.165, 1.54) is 0 Å². The Morgan fingerprint density at radius 3 is 2.59 bits per heavy atom. The molecule has 2 heterocycles. The van der Waals surface area contributed by atoms with Crippen molar-refractivity contribution >= 4 is 40.7 Å². The number of carbonyl (C=O) groups is 1. The molecule has 1 aliphatic heterocycles. The van der Waals surface area contributed by atoms with E-state index in [4.69, 9.17) is 33.7 Å². The van der Waals surface area contributed by atoms with Crippen LogP contribution < -0.4 is 15.4 Å². The lowest BCUT2D eigenvalue weighted by atomic mass is 10.1. The molecule has 7 heteroatoms. The fourth-order valence-electron chi connectivity index (χ4n) is 2.97. The van der Waals surface area contributed by atoms with E-state index in [1.807, 2.05) is 30.3 Å². The maximum Gasteiger partial charge on any atom is 0.274 e. The van der Waals surface area contributed by atoms with E-state index in [-0.39, 0.29) is 12.5 Å². The predicted molar refractivity (Wildman–Crippen MR) is 106 cm³/mol. The number of anilines is 2. The Kier molecular flexibility index (Phi) is 4.64. The number of carbonyl (C=O) groups excluding carboxylic acids is 1. The topological polar surface area (TPSA) is 68.5 Å². The molecule has 0 saturated carbocycles. The van der Waals surface area contributed by atoms with E-state index >= 15 is 0 Å². The first-order chi connectivity index (χ1) is 13.0. The van der Waals surface area contributed by atoms with Crippen molar-refractivity contribution in [2.24, 2.45) is 0 Å². The summed E-state index contributed by atoms with van der Waals surface area (Å²) in [7, 11) is 0. The fourth-order valence-corrected chi connectivity index (χ4v) is 3.44. The van der Waals surface area contributed by atoms with E-state index in [1.54, 1.807) is 35.2 Å². The average molecular weight is 400 g/mol. The molecule has 136 valence electrons. The average Bonchev–Trinajstić information content (AvgIpc) is 2.66. The Morgan fingerprint density at radius 2 is 1.85 bits per heavy atom. The molecular formula is C20H15Cl2N3O2. The summed E-state index contributed by atoms with van der Waals surface area (Å²) in [5, 5.41) is 1.01. The molecule has 2 N–H and O–H groups in total. The van der Waals surface area contributed by atoms with Gasteiger partial charge in [0.15, 0.2) is 11.6 Å². The smallest absolute Gasteiger partial charge is 0.274 e. The highest BCUT2D eigenvalue weighted by molar-refractivity contribution is 6.35. The number of fused-ring (bicyclic) bond motifs is 1. The van der Waals surface area contributed by atoms with Gasteiger partial charge in [-0.3, -0.25) is 9.69 Å². The molecule has 1 amide bonds. The van der Waals surface area contributed by atoms with Gasteiger partial charge in [0.05, 0.1) is 6.54 Å². The van der Waals surface area contributed by atoms with Gasteiger partial charge in [-0.2, -0.15) is 0 Å². The molecule has 4 rings (SSSR count). The summed E-state index contributed by atoms with van der Waals surface area (Å²) in [6, 6.07) is 17.8. The predicted octanol–water partition coefficient (Wildman–Crippen LogP) is 4.64. The maximum atomic E-state index is 13.2. The van der Waals surface area contributed by atoms with E-state index in [0.717, 1.165) is 11.1 Å². The van der Waals surface area contributed by atoms with Gasteiger partial charge in [-0.15, -0.1) is 0 Å². The summed E-state index contributed by atoms with van der Waals surface area (Å²) in [4.78, 5) is 19.1. The first-order valence-electron chi connectivity index (χ1n) is 8.26. The van der Waals surface area contributed by atoms with Crippen molar-refractivity contribution in [2.45, 2.75) is 12.6 Å². The van der Waals surface area contributed by atoms with Crippen molar-refractivity contribution in [1.82, 2.24) is 4.98 Å². The van der Waals surface area contributed by atoms with E-state index in [2.05, 4.69) is 4.98 Å². The number of pyridine rings is 1. The molecular weight excluding hydrogens is 385 g/mol. The first-order valence-corrected chi connectivity index (χ1v) is 9.02. The third kappa shape index (κ3) is 3.44. The third-order valence-electron chi connectivity index (χ3n) is 4.30. The number of hydrogen-bond acceptors (Lipinski definition) is 4. The third-order valence-corrected chi connectivity index (χ3v) is 4.88. The number of nitrogen functional groups attached to an aromatic ring is 1. The van der Waals surface area contributed by atoms with Gasteiger partial charge in [-0.05, 0) is 29.8 Å². The van der Waals surface area contributed by atoms with Gasteiger partial charge in [-0.1, -0.05) is 59.6 Å². The second-order valence-electron chi connectivity index (χ2n) is 6.13. The van der Waals surface area contributed by atoms with Gasteiger partial charge in [0, 0.05) is 15.6 Å². The highest BCUT2D eigenvalue weighted by Gasteiger charge is 2.37. The minimum atomic E-state index is -0.768. The van der Waals surface area contributed by atoms with Gasteiger partial charge in [0.25, 0.3) is 5.91 Å². The van der Waals surface area contributed by atoms with Gasteiger partial charge in [0.1, 0.15) is 5.82 Å². The summed E-state index contributed by atoms with van der Waals surface area (Å²) < 4.78 is 5.94. The van der Waals surface area contributed by atoms with E-state index in [9.17, 15) is 4.79 Å². The largest absolute Gasteiger partial charge is 0.472 e. The molecule has 0 aliphatic carbocycles. The molecule has 3 aromatic rings. The van der Waals surface area contributed by atoms with Crippen LogP contribution in [0, 0.1) is 0 Å². The van der Waals surface area contributed by atoms with Gasteiger partial charge >= 0.3 is 0 Å². The van der Waals surface area contributed by atoms with Crippen LogP contribution in [-0.4, -0.2) is 10.9 Å². The minimum Gasteiger partial charge on any atom is -0.472 e. The van der Waals surface area contributed by atoms with Crippen molar-refractivity contribution in [3.8, 4) is 5.75 Å². The monoisotopic (exact) mass is 399 g/mol. The molecule has 1 aliphatic rings. The van der Waals surface area contributed by atoms with Crippen molar-refractivity contribution < 1.29 is 9.53 Å². The lowest BCUT2D eigenvalue weighted by molar-refractivity contribution is -0.126. The summed E-state index contributed by atoms with van der Waals surface area (Å²) in [6.45, 7) is 0.227. The highest BCUT2D eigenvalue weighted by Crippen LogP contribution is 2.39. The maximum absolute atomic E-state index is 13.2. The van der Waals surface area contributed by atoms with Crippen molar-refractivity contribution in [3.05, 3.63) is 81.8 Å². The molecule has 0 radical (unpaired) electrons. The Bertz CT molecular complexity index is 1010. The Labute approximate surface area is 166 Å². The first kappa shape index (κ1) is 17.6. The summed E-state index contributed by atoms with van der Waals surface area (Å²) in [6.07, 6.45) is -0.768. The molecule has 0 spiro atoms. The Balaban J connectivity index is 1.77. The zero-order valence-corrected chi connectivity index (χ0v) is 15.6. The number of benzene rings is 2. The van der Waals surface area contributed by atoms with Crippen LogP contribution in [0.1, 0.15) is 17.2 Å². The lowest BCUT2D eigenvalue weighted by Gasteiger charge is -2.34. The normalized spacial score (nSPS) is 16.0. The second kappa shape index (κ2) is 7.10. The number of amides is 1. The zero-order valence-electron chi connectivity index (χ0n) is 14.1. The van der Waals surface area contributed by atoms with Crippen LogP contribution in [0.4, 0.5) is 11.6 Å². The Morgan fingerprint density at radius 1 is 1.07 bits per heavy atom. The molecule has 1 atom stereocenters. The van der Waals surface area contributed by atoms with Crippen molar-refractivity contribution in [2.75, 3.05) is 10.6 Å². The van der Waals surface area contributed by atoms with Crippen LogP contribution in [0.25, 0.3) is 0 Å². The molecule has 27 heavy (non-hydrogen) atoms. The number of nitrogens with zero attached hydrogens (tertiary/aromatic N) is 2. The highest BCUT2D eigenvalue weighted by atomic mass is 35.5. The van der Waals surface area contributed by atoms with E-state index < -0.39 is 6.10 Å². The molecule has 5 nitrogen and oxygen atoms in total. The number of aromatic nitrogens is 1. The van der Waals surface area contributed by atoms with Crippen LogP contribution in [0.5, 0.6) is 5.75 Å². The number of nitrogens with two attached hydrogens (primary N) is 1. The summed E-state index contributed by atoms with van der Waals surface area (Å²) in [5.74, 6) is 0.925. The number of halogens is 2. The number of rotatable bonds is 3. The van der Waals surface area contributed by atoms with Crippen LogP contribution in [0.15, 0.2) is 60.7 Å². The summed E-state index contributed by atoms with van der Waals surface area (Å²) in [5.41, 5.74) is 7.34. The molecule has 2 aromatic carbocycles. The van der Waals surface area contributed by atoms with Crippen molar-refractivity contribution in [1.29, 1.82) is 0 Å². The number of ether oxygens (including phenoxy) is 1. The van der Waals surface area contributed by atoms with E-state index in [0.29, 0.717) is 27.4 Å². The van der Waals surface area contributed by atoms with Crippen LogP contribution in [0.3, 0.4) is 0 Å².